The second kappa shape index (κ2) is 7.12. The minimum absolute atomic E-state index is 0.0448. The fourth-order valence-corrected chi connectivity index (χ4v) is 4.25. The fraction of sp³-hybridized carbons (Fsp3) is 0.417. The molecule has 0 saturated carbocycles. The van der Waals surface area contributed by atoms with Gasteiger partial charge in [0.1, 0.15) is 4.90 Å². The number of rotatable bonds is 7. The Hall–Kier alpha value is -0.780. The van der Waals surface area contributed by atoms with Gasteiger partial charge >= 0.3 is 5.97 Å². The number of hydrogen-bond donors (Lipinski definition) is 1. The van der Waals surface area contributed by atoms with Gasteiger partial charge in [-0.05, 0) is 25.0 Å². The van der Waals surface area contributed by atoms with Crippen LogP contribution in [-0.4, -0.2) is 25.2 Å². The Labute approximate surface area is 122 Å². The number of sulfone groups is 1. The molecule has 0 saturated heterocycles. The Balaban J connectivity index is 2.64. The number of carbonyl (C=O) groups is 1. The summed E-state index contributed by atoms with van der Waals surface area (Å²) in [6.07, 6.45) is 1.43. The molecule has 0 aliphatic heterocycles. The van der Waals surface area contributed by atoms with E-state index in [-0.39, 0.29) is 27.1 Å². The largest absolute Gasteiger partial charge is 0.481 e. The van der Waals surface area contributed by atoms with Gasteiger partial charge in [-0.1, -0.05) is 35.7 Å². The van der Waals surface area contributed by atoms with Gasteiger partial charge in [-0.3, -0.25) is 4.79 Å². The van der Waals surface area contributed by atoms with E-state index in [1.165, 1.54) is 12.1 Å². The molecule has 1 N–H and O–H groups in total. The van der Waals surface area contributed by atoms with Crippen molar-refractivity contribution in [2.24, 2.45) is 0 Å². The number of halogens is 2. The molecule has 0 unspecified atom stereocenters. The zero-order chi connectivity index (χ0) is 14.5. The number of carboxylic acids is 1. The number of carboxylic acid groups (broad SMARTS) is 1. The van der Waals surface area contributed by atoms with Crippen LogP contribution in [0.15, 0.2) is 23.1 Å². The molecule has 0 spiro atoms. The molecule has 7 heteroatoms. The van der Waals surface area contributed by atoms with Crippen LogP contribution in [0.2, 0.25) is 10.0 Å². The Kier molecular flexibility index (Phi) is 6.10. The molecule has 0 fully saturated rings. The molecular weight excluding hydrogens is 311 g/mol. The van der Waals surface area contributed by atoms with Crippen molar-refractivity contribution in [2.45, 2.75) is 30.6 Å². The molecule has 0 heterocycles. The molecule has 106 valence electrons. The van der Waals surface area contributed by atoms with Gasteiger partial charge in [0.15, 0.2) is 9.84 Å². The standard InChI is InChI=1S/C12H14Cl2O4S/c13-9-5-4-6-10(14)12(9)19(17,18)8-3-1-2-7-11(15)16/h4-6H,1-3,7-8H2,(H,15,16). The Morgan fingerprint density at radius 3 is 2.21 bits per heavy atom. The summed E-state index contributed by atoms with van der Waals surface area (Å²) in [4.78, 5) is 10.3. The Bertz CT molecular complexity index is 535. The van der Waals surface area contributed by atoms with E-state index in [9.17, 15) is 13.2 Å². The van der Waals surface area contributed by atoms with Gasteiger partial charge in [0.05, 0.1) is 15.8 Å². The van der Waals surface area contributed by atoms with E-state index in [1.54, 1.807) is 6.07 Å². The normalized spacial score (nSPS) is 11.5. The Morgan fingerprint density at radius 2 is 1.68 bits per heavy atom. The first-order valence-corrected chi connectivity index (χ1v) is 8.14. The summed E-state index contributed by atoms with van der Waals surface area (Å²) in [5.74, 6) is -0.965. The molecule has 1 aromatic carbocycles. The highest BCUT2D eigenvalue weighted by Crippen LogP contribution is 2.30. The molecule has 0 amide bonds. The van der Waals surface area contributed by atoms with Crippen LogP contribution in [0.4, 0.5) is 0 Å². The first-order chi connectivity index (χ1) is 8.84. The monoisotopic (exact) mass is 324 g/mol. The van der Waals surface area contributed by atoms with Crippen LogP contribution < -0.4 is 0 Å². The zero-order valence-electron chi connectivity index (χ0n) is 10.1. The molecule has 1 aromatic rings. The number of benzene rings is 1. The van der Waals surface area contributed by atoms with Crippen molar-refractivity contribution in [3.05, 3.63) is 28.2 Å². The summed E-state index contributed by atoms with van der Waals surface area (Å²) in [5, 5.41) is 8.69. The van der Waals surface area contributed by atoms with Crippen LogP contribution in [-0.2, 0) is 14.6 Å². The summed E-state index contributed by atoms with van der Waals surface area (Å²) >= 11 is 11.7. The third-order valence-corrected chi connectivity index (χ3v) is 5.28. The lowest BCUT2D eigenvalue weighted by atomic mass is 10.2. The molecule has 0 aliphatic rings. The summed E-state index contributed by atoms with van der Waals surface area (Å²) in [6, 6.07) is 4.53. The highest BCUT2D eigenvalue weighted by Gasteiger charge is 2.20. The van der Waals surface area contributed by atoms with Gasteiger partial charge in [0.2, 0.25) is 0 Å². The number of unbranched alkanes of at least 4 members (excludes halogenated alkanes) is 2. The first-order valence-electron chi connectivity index (χ1n) is 5.73. The van der Waals surface area contributed by atoms with Crippen molar-refractivity contribution in [1.29, 1.82) is 0 Å². The predicted molar refractivity (Wildman–Crippen MR) is 74.6 cm³/mol. The summed E-state index contributed by atoms with van der Waals surface area (Å²) < 4.78 is 24.2. The molecule has 0 atom stereocenters. The van der Waals surface area contributed by atoms with E-state index in [1.807, 2.05) is 0 Å². The highest BCUT2D eigenvalue weighted by atomic mass is 35.5. The van der Waals surface area contributed by atoms with Crippen molar-refractivity contribution in [3.63, 3.8) is 0 Å². The van der Waals surface area contributed by atoms with E-state index in [0.29, 0.717) is 19.3 Å². The van der Waals surface area contributed by atoms with Gasteiger partial charge in [-0.2, -0.15) is 0 Å². The van der Waals surface area contributed by atoms with Crippen LogP contribution in [0.1, 0.15) is 25.7 Å². The average molecular weight is 325 g/mol. The SMILES string of the molecule is O=C(O)CCCCCS(=O)(=O)c1c(Cl)cccc1Cl. The number of hydrogen-bond acceptors (Lipinski definition) is 3. The lowest BCUT2D eigenvalue weighted by Crippen LogP contribution is -2.08. The minimum Gasteiger partial charge on any atom is -0.481 e. The van der Waals surface area contributed by atoms with Crippen molar-refractivity contribution < 1.29 is 18.3 Å². The predicted octanol–water partition coefficient (Wildman–Crippen LogP) is 3.41. The van der Waals surface area contributed by atoms with E-state index in [4.69, 9.17) is 28.3 Å². The van der Waals surface area contributed by atoms with Crippen LogP contribution in [0.25, 0.3) is 0 Å². The summed E-state index contributed by atoms with van der Waals surface area (Å²) in [5.41, 5.74) is 0. The first kappa shape index (κ1) is 16.3. The maximum Gasteiger partial charge on any atom is 0.303 e. The lowest BCUT2D eigenvalue weighted by Gasteiger charge is -2.08. The van der Waals surface area contributed by atoms with Crippen molar-refractivity contribution in [2.75, 3.05) is 5.75 Å². The second-order valence-electron chi connectivity index (χ2n) is 4.07. The number of aliphatic carboxylic acids is 1. The molecule has 19 heavy (non-hydrogen) atoms. The molecule has 1 rings (SSSR count). The van der Waals surface area contributed by atoms with Crippen LogP contribution >= 0.6 is 23.2 Å². The lowest BCUT2D eigenvalue weighted by molar-refractivity contribution is -0.137. The third-order valence-electron chi connectivity index (χ3n) is 2.53. The zero-order valence-corrected chi connectivity index (χ0v) is 12.4. The van der Waals surface area contributed by atoms with Gasteiger partial charge in [0, 0.05) is 6.42 Å². The molecular formula is C12H14Cl2O4S. The molecule has 0 bridgehead atoms. The summed E-state index contributed by atoms with van der Waals surface area (Å²) in [6.45, 7) is 0. The van der Waals surface area contributed by atoms with Crippen LogP contribution in [0.3, 0.4) is 0 Å². The maximum atomic E-state index is 12.1. The minimum atomic E-state index is -3.53. The van der Waals surface area contributed by atoms with Crippen LogP contribution in [0, 0.1) is 0 Å². The fourth-order valence-electron chi connectivity index (χ4n) is 1.63. The topological polar surface area (TPSA) is 71.4 Å². The van der Waals surface area contributed by atoms with Gasteiger partial charge in [0.25, 0.3) is 0 Å². The molecule has 0 aliphatic carbocycles. The maximum absolute atomic E-state index is 12.1. The molecule has 4 nitrogen and oxygen atoms in total. The van der Waals surface area contributed by atoms with E-state index in [0.717, 1.165) is 0 Å². The van der Waals surface area contributed by atoms with Crippen LogP contribution in [0.5, 0.6) is 0 Å². The van der Waals surface area contributed by atoms with Gasteiger partial charge in [-0.15, -0.1) is 0 Å². The van der Waals surface area contributed by atoms with Gasteiger partial charge in [-0.25, -0.2) is 8.42 Å². The van der Waals surface area contributed by atoms with Gasteiger partial charge < -0.3 is 5.11 Å². The third kappa shape index (κ3) is 5.01. The van der Waals surface area contributed by atoms with Crippen molar-refractivity contribution in [1.82, 2.24) is 0 Å². The molecule has 0 aromatic heterocycles. The Morgan fingerprint density at radius 1 is 1.11 bits per heavy atom. The molecule has 0 radical (unpaired) electrons. The summed E-state index contributed by atoms with van der Waals surface area (Å²) in [7, 11) is -3.53. The van der Waals surface area contributed by atoms with Crippen molar-refractivity contribution in [3.8, 4) is 0 Å². The smallest absolute Gasteiger partial charge is 0.303 e. The van der Waals surface area contributed by atoms with E-state index in [2.05, 4.69) is 0 Å². The van der Waals surface area contributed by atoms with Crippen molar-refractivity contribution >= 4 is 39.0 Å². The second-order valence-corrected chi connectivity index (χ2v) is 6.93. The van der Waals surface area contributed by atoms with E-state index < -0.39 is 15.8 Å². The highest BCUT2D eigenvalue weighted by molar-refractivity contribution is 7.91. The van der Waals surface area contributed by atoms with E-state index >= 15 is 0 Å². The quantitative estimate of drug-likeness (QED) is 0.780. The average Bonchev–Trinajstić information content (AvgIpc) is 2.27.